The summed E-state index contributed by atoms with van der Waals surface area (Å²) in [5.74, 6) is -2.26. The summed E-state index contributed by atoms with van der Waals surface area (Å²) in [5.41, 5.74) is -0.511. The molecular formula is C36H58N6O6. The fourth-order valence-corrected chi connectivity index (χ4v) is 8.01. The van der Waals surface area contributed by atoms with E-state index in [1.807, 2.05) is 25.7 Å². The lowest BCUT2D eigenvalue weighted by atomic mass is 9.83. The van der Waals surface area contributed by atoms with E-state index in [2.05, 4.69) is 41.7 Å². The number of hydrogen-bond acceptors (Lipinski definition) is 6. The van der Waals surface area contributed by atoms with Gasteiger partial charge in [0.2, 0.25) is 23.5 Å². The largest absolute Gasteiger partial charge is 0.346 e. The van der Waals surface area contributed by atoms with E-state index in [-0.39, 0.29) is 59.4 Å². The highest BCUT2D eigenvalue weighted by atomic mass is 16.2. The Hall–Kier alpha value is -3.44. The SMILES string of the molecule is C=CCNC(=O)C(=O)C(CC)NC(=O)[C@@H]1[C@@H]2[C@H](CN1C(=O)[C@@H](NC(=O)N[C@H](CN1CCCCC1=O)C(C)(C)C)C1CCCCC1)C2(C)C. The second-order valence-corrected chi connectivity index (χ2v) is 15.9. The van der Waals surface area contributed by atoms with Crippen LogP contribution in [0, 0.1) is 28.6 Å². The molecule has 0 aromatic carbocycles. The summed E-state index contributed by atoms with van der Waals surface area (Å²) in [6, 6.07) is -3.48. The molecule has 12 nitrogen and oxygen atoms in total. The second-order valence-electron chi connectivity index (χ2n) is 15.9. The summed E-state index contributed by atoms with van der Waals surface area (Å²) in [6.07, 6.45) is 8.57. The highest BCUT2D eigenvalue weighted by molar-refractivity contribution is 6.38. The molecule has 2 saturated carbocycles. The number of likely N-dealkylation sites (tertiary alicyclic amines) is 2. The molecule has 2 aliphatic heterocycles. The molecule has 4 rings (SSSR count). The fraction of sp³-hybridized carbons (Fsp3) is 0.778. The molecule has 48 heavy (non-hydrogen) atoms. The normalized spacial score (nSPS) is 25.6. The third kappa shape index (κ3) is 8.40. The fourth-order valence-electron chi connectivity index (χ4n) is 8.01. The predicted molar refractivity (Wildman–Crippen MR) is 182 cm³/mol. The van der Waals surface area contributed by atoms with E-state index in [0.29, 0.717) is 26.1 Å². The first-order chi connectivity index (χ1) is 22.6. The lowest BCUT2D eigenvalue weighted by Crippen LogP contribution is -2.62. The highest BCUT2D eigenvalue weighted by Gasteiger charge is 2.69. The van der Waals surface area contributed by atoms with Crippen molar-refractivity contribution in [3.8, 4) is 0 Å². The van der Waals surface area contributed by atoms with E-state index in [0.717, 1.165) is 44.9 Å². The maximum Gasteiger partial charge on any atom is 0.315 e. The standard InChI is InChI=1S/C36H58N6O6/c1-8-18-37-32(46)30(44)24(9-2)38-31(45)29-27-23(36(27,6)7)20-42(29)33(47)28(22-15-11-10-12-16-22)40-34(48)39-25(35(3,4)5)21-41-19-14-13-17-26(41)43/h8,22-25,27-29H,1,9-21H2,2-7H3,(H,37,46)(H,38,45)(H2,39,40,48)/t23-,24?,25+,27-,28-,29-/m0/s1. The van der Waals surface area contributed by atoms with Crippen LogP contribution in [0.3, 0.4) is 0 Å². The Morgan fingerprint density at radius 1 is 1.00 bits per heavy atom. The summed E-state index contributed by atoms with van der Waals surface area (Å²) in [5, 5.41) is 11.4. The molecule has 6 amide bonds. The number of nitrogens with zero attached hydrogens (tertiary/aromatic N) is 2. The number of piperidine rings is 2. The van der Waals surface area contributed by atoms with Crippen molar-refractivity contribution in [2.24, 2.45) is 28.6 Å². The van der Waals surface area contributed by atoms with Gasteiger partial charge in [-0.15, -0.1) is 6.58 Å². The van der Waals surface area contributed by atoms with E-state index in [1.54, 1.807) is 11.8 Å². The molecule has 4 fully saturated rings. The minimum Gasteiger partial charge on any atom is -0.346 e. The number of carbonyl (C=O) groups excluding carboxylic acids is 6. The quantitative estimate of drug-likeness (QED) is 0.174. The van der Waals surface area contributed by atoms with Crippen molar-refractivity contribution in [3.63, 3.8) is 0 Å². The van der Waals surface area contributed by atoms with Crippen molar-refractivity contribution < 1.29 is 28.8 Å². The first-order valence-electron chi connectivity index (χ1n) is 18.0. The van der Waals surface area contributed by atoms with E-state index < -0.39 is 41.8 Å². The first-order valence-corrected chi connectivity index (χ1v) is 18.0. The summed E-state index contributed by atoms with van der Waals surface area (Å²) < 4.78 is 0. The highest BCUT2D eigenvalue weighted by Crippen LogP contribution is 2.65. The van der Waals surface area contributed by atoms with Crippen LogP contribution >= 0.6 is 0 Å². The molecule has 12 heteroatoms. The maximum absolute atomic E-state index is 14.5. The molecule has 0 aromatic rings. The van der Waals surface area contributed by atoms with Gasteiger partial charge >= 0.3 is 6.03 Å². The monoisotopic (exact) mass is 670 g/mol. The molecule has 2 aliphatic carbocycles. The van der Waals surface area contributed by atoms with Gasteiger partial charge in [-0.1, -0.05) is 66.9 Å². The van der Waals surface area contributed by atoms with Gasteiger partial charge in [-0.05, 0) is 60.7 Å². The topological polar surface area (TPSA) is 157 Å². The first kappa shape index (κ1) is 37.4. The zero-order valence-corrected chi connectivity index (χ0v) is 29.9. The Balaban J connectivity index is 1.53. The summed E-state index contributed by atoms with van der Waals surface area (Å²) in [6.45, 7) is 17.1. The maximum atomic E-state index is 14.5. The van der Waals surface area contributed by atoms with Crippen molar-refractivity contribution in [2.75, 3.05) is 26.2 Å². The summed E-state index contributed by atoms with van der Waals surface area (Å²) in [4.78, 5) is 83.5. The van der Waals surface area contributed by atoms with Gasteiger partial charge in [0.05, 0.1) is 12.1 Å². The van der Waals surface area contributed by atoms with Crippen LogP contribution in [-0.4, -0.2) is 95.6 Å². The third-order valence-electron chi connectivity index (χ3n) is 11.3. The molecule has 0 aromatic heterocycles. The van der Waals surface area contributed by atoms with Crippen molar-refractivity contribution >= 4 is 35.4 Å². The van der Waals surface area contributed by atoms with Gasteiger partial charge in [0.15, 0.2) is 0 Å². The van der Waals surface area contributed by atoms with Crippen LogP contribution in [0.4, 0.5) is 4.79 Å². The minimum absolute atomic E-state index is 0.0825. The molecule has 2 saturated heterocycles. The number of ketones is 1. The summed E-state index contributed by atoms with van der Waals surface area (Å²) >= 11 is 0. The van der Waals surface area contributed by atoms with Crippen LogP contribution in [0.25, 0.3) is 0 Å². The predicted octanol–water partition coefficient (Wildman–Crippen LogP) is 2.91. The van der Waals surface area contributed by atoms with Gasteiger partial charge in [-0.2, -0.15) is 0 Å². The average molecular weight is 671 g/mol. The van der Waals surface area contributed by atoms with Crippen molar-refractivity contribution in [1.82, 2.24) is 31.1 Å². The Morgan fingerprint density at radius 2 is 1.69 bits per heavy atom. The number of nitrogens with one attached hydrogen (secondary N) is 4. The van der Waals surface area contributed by atoms with Crippen LogP contribution in [0.2, 0.25) is 0 Å². The number of fused-ring (bicyclic) bond motifs is 1. The summed E-state index contributed by atoms with van der Waals surface area (Å²) in [7, 11) is 0. The van der Waals surface area contributed by atoms with Crippen molar-refractivity contribution in [1.29, 1.82) is 0 Å². The van der Waals surface area contributed by atoms with Crippen molar-refractivity contribution in [2.45, 2.75) is 123 Å². The number of urea groups is 1. The van der Waals surface area contributed by atoms with Gasteiger partial charge < -0.3 is 31.1 Å². The van der Waals surface area contributed by atoms with E-state index >= 15 is 0 Å². The Labute approximate surface area is 285 Å². The number of Topliss-reactive ketones (excluding diaryl/α,β-unsaturated/α-hetero) is 1. The van der Waals surface area contributed by atoms with Gasteiger partial charge in [-0.25, -0.2) is 4.79 Å². The Morgan fingerprint density at radius 3 is 2.29 bits per heavy atom. The number of carbonyl (C=O) groups is 6. The van der Waals surface area contributed by atoms with Crippen LogP contribution in [0.15, 0.2) is 12.7 Å². The molecule has 6 atom stereocenters. The zero-order valence-electron chi connectivity index (χ0n) is 29.9. The number of amides is 6. The smallest absolute Gasteiger partial charge is 0.315 e. The molecular weight excluding hydrogens is 612 g/mol. The average Bonchev–Trinajstić information content (AvgIpc) is 3.35. The van der Waals surface area contributed by atoms with E-state index in [9.17, 15) is 28.8 Å². The number of rotatable bonds is 13. The number of hydrogen-bond donors (Lipinski definition) is 4. The van der Waals surface area contributed by atoms with Crippen LogP contribution in [-0.2, 0) is 24.0 Å². The molecule has 0 bridgehead atoms. The lowest BCUT2D eigenvalue weighted by Gasteiger charge is -2.39. The Kier molecular flexibility index (Phi) is 12.0. The Bertz CT molecular complexity index is 1250. The van der Waals surface area contributed by atoms with Crippen molar-refractivity contribution in [3.05, 3.63) is 12.7 Å². The molecule has 4 N–H and O–H groups in total. The van der Waals surface area contributed by atoms with Gasteiger partial charge in [0.1, 0.15) is 12.1 Å². The van der Waals surface area contributed by atoms with Gasteiger partial charge in [0, 0.05) is 32.6 Å². The molecule has 268 valence electrons. The third-order valence-corrected chi connectivity index (χ3v) is 11.3. The van der Waals surface area contributed by atoms with Gasteiger partial charge in [-0.3, -0.25) is 24.0 Å². The molecule has 4 aliphatic rings. The molecule has 0 spiro atoms. The second kappa shape index (κ2) is 15.4. The van der Waals surface area contributed by atoms with E-state index in [1.165, 1.54) is 6.08 Å². The van der Waals surface area contributed by atoms with Crippen LogP contribution in [0.1, 0.15) is 99.3 Å². The molecule has 1 unspecified atom stereocenters. The molecule has 0 radical (unpaired) electrons. The minimum atomic E-state index is -1.03. The van der Waals surface area contributed by atoms with E-state index in [4.69, 9.17) is 0 Å². The lowest BCUT2D eigenvalue weighted by molar-refractivity contribution is -0.144. The molecule has 2 heterocycles. The van der Waals surface area contributed by atoms with Crippen LogP contribution in [0.5, 0.6) is 0 Å². The zero-order chi connectivity index (χ0) is 35.4. The van der Waals surface area contributed by atoms with Gasteiger partial charge in [0.25, 0.3) is 5.91 Å². The van der Waals surface area contributed by atoms with Crippen LogP contribution < -0.4 is 21.3 Å².